The van der Waals surface area contributed by atoms with Crippen LogP contribution in [0.25, 0.3) is 10.8 Å². The van der Waals surface area contributed by atoms with Crippen molar-refractivity contribution in [1.29, 1.82) is 0 Å². The molecule has 4 rings (SSSR count). The number of benzene rings is 4. The standard InChI is InChI=1S/C28H26N2O3/c1-3-32-27-17-22(15-16-26(27)33-19-21-13-11-20(2)12-14-21)18-29-30-28(31)25-10-6-8-23-7-4-5-9-24(23)25/h4-18H,3,19H2,1-2H3,(H,30,31)/b29-18-. The molecule has 0 fully saturated rings. The predicted octanol–water partition coefficient (Wildman–Crippen LogP) is 5.89. The smallest absolute Gasteiger partial charge is 0.271 e. The van der Waals surface area contributed by atoms with Crippen LogP contribution < -0.4 is 14.9 Å². The van der Waals surface area contributed by atoms with E-state index in [9.17, 15) is 4.79 Å². The maximum atomic E-state index is 12.6. The minimum atomic E-state index is -0.258. The number of amides is 1. The summed E-state index contributed by atoms with van der Waals surface area (Å²) in [5, 5.41) is 6.04. The summed E-state index contributed by atoms with van der Waals surface area (Å²) >= 11 is 0. The van der Waals surface area contributed by atoms with Gasteiger partial charge in [-0.2, -0.15) is 5.10 Å². The lowest BCUT2D eigenvalue weighted by Gasteiger charge is -2.13. The van der Waals surface area contributed by atoms with Crippen LogP contribution >= 0.6 is 0 Å². The van der Waals surface area contributed by atoms with Crippen LogP contribution in [0.5, 0.6) is 11.5 Å². The van der Waals surface area contributed by atoms with Crippen LogP contribution in [0.15, 0.2) is 90.0 Å². The molecule has 1 N–H and O–H groups in total. The summed E-state index contributed by atoms with van der Waals surface area (Å²) in [6.45, 7) is 4.95. The number of rotatable bonds is 8. The maximum absolute atomic E-state index is 12.6. The Morgan fingerprint density at radius 3 is 2.52 bits per heavy atom. The number of aryl methyl sites for hydroxylation is 1. The minimum Gasteiger partial charge on any atom is -0.490 e. The Kier molecular flexibility index (Phi) is 7.00. The molecule has 5 heteroatoms. The molecule has 0 saturated heterocycles. The number of hydrogen-bond acceptors (Lipinski definition) is 4. The number of nitrogens with one attached hydrogen (secondary N) is 1. The Bertz CT molecular complexity index is 1270. The zero-order valence-electron chi connectivity index (χ0n) is 18.7. The predicted molar refractivity (Wildman–Crippen MR) is 132 cm³/mol. The van der Waals surface area contributed by atoms with Crippen molar-refractivity contribution >= 4 is 22.9 Å². The van der Waals surface area contributed by atoms with Crippen molar-refractivity contribution in [2.24, 2.45) is 5.10 Å². The molecule has 0 radical (unpaired) electrons. The lowest BCUT2D eigenvalue weighted by atomic mass is 10.0. The van der Waals surface area contributed by atoms with E-state index in [0.29, 0.717) is 30.3 Å². The normalized spacial score (nSPS) is 11.0. The number of carbonyl (C=O) groups excluding carboxylic acids is 1. The van der Waals surface area contributed by atoms with E-state index < -0.39 is 0 Å². The number of fused-ring (bicyclic) bond motifs is 1. The maximum Gasteiger partial charge on any atom is 0.271 e. The van der Waals surface area contributed by atoms with Gasteiger partial charge < -0.3 is 9.47 Å². The fraction of sp³-hybridized carbons (Fsp3) is 0.143. The summed E-state index contributed by atoms with van der Waals surface area (Å²) in [4.78, 5) is 12.6. The van der Waals surface area contributed by atoms with E-state index in [1.54, 1.807) is 12.3 Å². The molecule has 0 aliphatic rings. The summed E-state index contributed by atoms with van der Waals surface area (Å²) in [5.41, 5.74) is 6.29. The highest BCUT2D eigenvalue weighted by Crippen LogP contribution is 2.29. The van der Waals surface area contributed by atoms with Gasteiger partial charge in [-0.15, -0.1) is 0 Å². The summed E-state index contributed by atoms with van der Waals surface area (Å²) in [6.07, 6.45) is 1.59. The fourth-order valence-corrected chi connectivity index (χ4v) is 3.49. The fourth-order valence-electron chi connectivity index (χ4n) is 3.49. The summed E-state index contributed by atoms with van der Waals surface area (Å²) in [5.74, 6) is 1.04. The first kappa shape index (κ1) is 22.1. The Balaban J connectivity index is 1.44. The first-order valence-corrected chi connectivity index (χ1v) is 10.9. The second-order valence-electron chi connectivity index (χ2n) is 7.64. The van der Waals surface area contributed by atoms with Crippen molar-refractivity contribution in [1.82, 2.24) is 5.43 Å². The van der Waals surface area contributed by atoms with Crippen LogP contribution in [0.2, 0.25) is 0 Å². The lowest BCUT2D eigenvalue weighted by molar-refractivity contribution is 0.0957. The highest BCUT2D eigenvalue weighted by atomic mass is 16.5. The van der Waals surface area contributed by atoms with Crippen molar-refractivity contribution in [3.8, 4) is 11.5 Å². The molecule has 0 aliphatic carbocycles. The molecule has 5 nitrogen and oxygen atoms in total. The summed E-state index contributed by atoms with van der Waals surface area (Å²) in [6, 6.07) is 27.2. The van der Waals surface area contributed by atoms with E-state index in [2.05, 4.69) is 41.7 Å². The average molecular weight is 439 g/mol. The Hall–Kier alpha value is -4.12. The van der Waals surface area contributed by atoms with Gasteiger partial charge in [-0.05, 0) is 60.0 Å². The zero-order valence-corrected chi connectivity index (χ0v) is 18.7. The van der Waals surface area contributed by atoms with Gasteiger partial charge in [0.1, 0.15) is 6.61 Å². The SMILES string of the molecule is CCOc1cc(/C=N\NC(=O)c2cccc3ccccc23)ccc1OCc1ccc(C)cc1. The molecule has 0 saturated carbocycles. The molecular weight excluding hydrogens is 412 g/mol. The third-order valence-electron chi connectivity index (χ3n) is 5.20. The van der Waals surface area contributed by atoms with Gasteiger partial charge in [0.25, 0.3) is 5.91 Å². The second kappa shape index (κ2) is 10.5. The van der Waals surface area contributed by atoms with Crippen LogP contribution in [-0.2, 0) is 6.61 Å². The van der Waals surface area contributed by atoms with E-state index in [1.165, 1.54) is 5.56 Å². The monoisotopic (exact) mass is 438 g/mol. The van der Waals surface area contributed by atoms with Crippen LogP contribution in [0.4, 0.5) is 0 Å². The minimum absolute atomic E-state index is 0.258. The molecule has 0 unspecified atom stereocenters. The zero-order chi connectivity index (χ0) is 23.0. The number of nitrogens with zero attached hydrogens (tertiary/aromatic N) is 1. The van der Waals surface area contributed by atoms with Gasteiger partial charge in [0.15, 0.2) is 11.5 Å². The van der Waals surface area contributed by atoms with E-state index >= 15 is 0 Å². The van der Waals surface area contributed by atoms with Crippen LogP contribution in [-0.4, -0.2) is 18.7 Å². The Labute approximate surface area is 193 Å². The molecule has 4 aromatic carbocycles. The first-order chi connectivity index (χ1) is 16.1. The van der Waals surface area contributed by atoms with Gasteiger partial charge in [0.2, 0.25) is 0 Å². The third kappa shape index (κ3) is 5.57. The summed E-state index contributed by atoms with van der Waals surface area (Å²) < 4.78 is 11.7. The largest absolute Gasteiger partial charge is 0.490 e. The number of hydrogen-bond donors (Lipinski definition) is 1. The van der Waals surface area contributed by atoms with Crippen molar-refractivity contribution in [3.63, 3.8) is 0 Å². The van der Waals surface area contributed by atoms with E-state index in [-0.39, 0.29) is 5.91 Å². The summed E-state index contributed by atoms with van der Waals surface area (Å²) in [7, 11) is 0. The van der Waals surface area contributed by atoms with Crippen molar-refractivity contribution in [2.75, 3.05) is 6.61 Å². The van der Waals surface area contributed by atoms with Gasteiger partial charge >= 0.3 is 0 Å². The molecule has 33 heavy (non-hydrogen) atoms. The van der Waals surface area contributed by atoms with Crippen LogP contribution in [0, 0.1) is 6.92 Å². The van der Waals surface area contributed by atoms with Crippen molar-refractivity contribution in [2.45, 2.75) is 20.5 Å². The van der Waals surface area contributed by atoms with Gasteiger partial charge in [-0.1, -0.05) is 66.2 Å². The molecule has 4 aromatic rings. The lowest BCUT2D eigenvalue weighted by Crippen LogP contribution is -2.17. The van der Waals surface area contributed by atoms with Crippen LogP contribution in [0.1, 0.15) is 34.0 Å². The van der Waals surface area contributed by atoms with Gasteiger partial charge in [-0.3, -0.25) is 4.79 Å². The quantitative estimate of drug-likeness (QED) is 0.276. The molecule has 0 aromatic heterocycles. The van der Waals surface area contributed by atoms with Crippen molar-refractivity contribution < 1.29 is 14.3 Å². The van der Waals surface area contributed by atoms with E-state index in [1.807, 2.05) is 61.5 Å². The molecule has 0 spiro atoms. The molecule has 0 atom stereocenters. The molecule has 0 heterocycles. The van der Waals surface area contributed by atoms with E-state index in [4.69, 9.17) is 9.47 Å². The highest BCUT2D eigenvalue weighted by Gasteiger charge is 2.09. The van der Waals surface area contributed by atoms with Crippen molar-refractivity contribution in [3.05, 3.63) is 107 Å². The van der Waals surface area contributed by atoms with Gasteiger partial charge in [0.05, 0.1) is 12.8 Å². The highest BCUT2D eigenvalue weighted by molar-refractivity contribution is 6.07. The molecule has 0 bridgehead atoms. The molecule has 166 valence electrons. The number of carbonyl (C=O) groups is 1. The Morgan fingerprint density at radius 2 is 1.70 bits per heavy atom. The number of hydrazone groups is 1. The van der Waals surface area contributed by atoms with E-state index in [0.717, 1.165) is 21.9 Å². The number of ether oxygens (including phenoxy) is 2. The molecule has 1 amide bonds. The average Bonchev–Trinajstić information content (AvgIpc) is 2.84. The van der Waals surface area contributed by atoms with Gasteiger partial charge in [-0.25, -0.2) is 5.43 Å². The van der Waals surface area contributed by atoms with Crippen LogP contribution in [0.3, 0.4) is 0 Å². The molecule has 0 aliphatic heterocycles. The first-order valence-electron chi connectivity index (χ1n) is 10.9. The molecular formula is C28H26N2O3. The topological polar surface area (TPSA) is 59.9 Å². The Morgan fingerprint density at radius 1 is 0.909 bits per heavy atom. The van der Waals surface area contributed by atoms with Gasteiger partial charge in [0, 0.05) is 5.56 Å². The second-order valence-corrected chi connectivity index (χ2v) is 7.64. The third-order valence-corrected chi connectivity index (χ3v) is 5.20.